The van der Waals surface area contributed by atoms with Gasteiger partial charge in [0.05, 0.1) is 6.61 Å². The predicted molar refractivity (Wildman–Crippen MR) is 66.3 cm³/mol. The van der Waals surface area contributed by atoms with Gasteiger partial charge in [0.15, 0.2) is 0 Å². The number of nitrogens with one attached hydrogen (secondary N) is 1. The normalized spacial score (nSPS) is 29.0. The molecule has 1 saturated heterocycles. The molecule has 0 aromatic heterocycles. The van der Waals surface area contributed by atoms with E-state index in [1.165, 1.54) is 11.1 Å². The van der Waals surface area contributed by atoms with Gasteiger partial charge in [-0.25, -0.2) is 0 Å². The van der Waals surface area contributed by atoms with Gasteiger partial charge in [-0.3, -0.25) is 5.32 Å². The molecule has 1 aromatic rings. The monoisotopic (exact) mass is 219 g/mol. The Morgan fingerprint density at radius 1 is 1.12 bits per heavy atom. The molecule has 1 aromatic carbocycles. The van der Waals surface area contributed by atoms with Crippen LogP contribution in [-0.2, 0) is 10.5 Å². The van der Waals surface area contributed by atoms with Crippen LogP contribution in [0.5, 0.6) is 0 Å². The minimum Gasteiger partial charge on any atom is -0.356 e. The average Bonchev–Trinajstić information content (AvgIpc) is 2.24. The summed E-state index contributed by atoms with van der Waals surface area (Å²) in [5.41, 5.74) is 2.38. The summed E-state index contributed by atoms with van der Waals surface area (Å²) in [5, 5.41) is 3.50. The highest BCUT2D eigenvalue weighted by atomic mass is 16.5. The van der Waals surface area contributed by atoms with Gasteiger partial charge in [-0.15, -0.1) is 0 Å². The van der Waals surface area contributed by atoms with Crippen LogP contribution in [0.2, 0.25) is 0 Å². The van der Waals surface area contributed by atoms with Crippen molar-refractivity contribution in [1.82, 2.24) is 5.32 Å². The Balaban J connectivity index is 2.18. The summed E-state index contributed by atoms with van der Waals surface area (Å²) in [5.74, 6) is 0. The van der Waals surface area contributed by atoms with Gasteiger partial charge in [0.25, 0.3) is 0 Å². The molecule has 0 spiro atoms. The predicted octanol–water partition coefficient (Wildman–Crippen LogP) is 2.81. The van der Waals surface area contributed by atoms with Gasteiger partial charge in [0.1, 0.15) is 5.72 Å². The molecule has 88 valence electrons. The molecule has 0 aliphatic carbocycles. The zero-order valence-electron chi connectivity index (χ0n) is 10.6. The summed E-state index contributed by atoms with van der Waals surface area (Å²) in [7, 11) is 0. The van der Waals surface area contributed by atoms with Crippen molar-refractivity contribution in [3.8, 4) is 0 Å². The lowest BCUT2D eigenvalue weighted by atomic mass is 9.90. The number of hydrogen-bond acceptors (Lipinski definition) is 2. The molecule has 1 unspecified atom stereocenters. The second-order valence-corrected chi connectivity index (χ2v) is 5.71. The maximum absolute atomic E-state index is 6.00. The van der Waals surface area contributed by atoms with Crippen molar-refractivity contribution in [3.05, 3.63) is 35.4 Å². The molecule has 1 atom stereocenters. The van der Waals surface area contributed by atoms with E-state index in [0.717, 1.165) is 13.2 Å². The van der Waals surface area contributed by atoms with E-state index in [1.807, 2.05) is 0 Å². The Hall–Kier alpha value is -0.860. The number of benzene rings is 1. The Labute approximate surface area is 98.0 Å². The molecule has 1 N–H and O–H groups in total. The van der Waals surface area contributed by atoms with E-state index >= 15 is 0 Å². The molecule has 0 radical (unpaired) electrons. The van der Waals surface area contributed by atoms with Gasteiger partial charge in [-0.05, 0) is 19.4 Å². The smallest absolute Gasteiger partial charge is 0.142 e. The van der Waals surface area contributed by atoms with Gasteiger partial charge in [-0.1, -0.05) is 43.7 Å². The Bertz CT molecular complexity index is 357. The molecule has 1 aliphatic heterocycles. The fraction of sp³-hybridized carbons (Fsp3) is 0.571. The van der Waals surface area contributed by atoms with E-state index < -0.39 is 0 Å². The summed E-state index contributed by atoms with van der Waals surface area (Å²) >= 11 is 0. The maximum Gasteiger partial charge on any atom is 0.142 e. The molecule has 1 heterocycles. The first-order valence-electron chi connectivity index (χ1n) is 5.87. The molecule has 2 nitrogen and oxygen atoms in total. The van der Waals surface area contributed by atoms with Crippen LogP contribution in [0, 0.1) is 12.3 Å². The Morgan fingerprint density at radius 2 is 1.75 bits per heavy atom. The van der Waals surface area contributed by atoms with E-state index in [4.69, 9.17) is 4.74 Å². The molecule has 1 aliphatic rings. The van der Waals surface area contributed by atoms with Gasteiger partial charge in [-0.2, -0.15) is 0 Å². The first-order valence-corrected chi connectivity index (χ1v) is 5.87. The third-order valence-electron chi connectivity index (χ3n) is 3.26. The third-order valence-corrected chi connectivity index (χ3v) is 3.26. The molecule has 2 rings (SSSR count). The minimum atomic E-state index is -0.330. The van der Waals surface area contributed by atoms with Gasteiger partial charge in [0, 0.05) is 12.0 Å². The zero-order chi connectivity index (χ0) is 11.8. The summed E-state index contributed by atoms with van der Waals surface area (Å²) in [6.45, 7) is 10.4. The van der Waals surface area contributed by atoms with Crippen LogP contribution in [0.25, 0.3) is 0 Å². The topological polar surface area (TPSA) is 21.3 Å². The molecule has 0 saturated carbocycles. The Kier molecular flexibility index (Phi) is 2.81. The van der Waals surface area contributed by atoms with Gasteiger partial charge >= 0.3 is 0 Å². The van der Waals surface area contributed by atoms with Crippen molar-refractivity contribution >= 4 is 0 Å². The number of aryl methyl sites for hydroxylation is 1. The average molecular weight is 219 g/mol. The van der Waals surface area contributed by atoms with E-state index in [2.05, 4.69) is 57.3 Å². The lowest BCUT2D eigenvalue weighted by Crippen LogP contribution is -2.53. The molecule has 16 heavy (non-hydrogen) atoms. The first-order chi connectivity index (χ1) is 7.41. The standard InChI is InChI=1S/C14H21NO/c1-11-5-7-12(8-6-11)14(4)15-9-13(2,3)10-16-14/h5-8,15H,9-10H2,1-4H3. The van der Waals surface area contributed by atoms with Crippen molar-refractivity contribution in [2.24, 2.45) is 5.41 Å². The number of rotatable bonds is 1. The highest BCUT2D eigenvalue weighted by molar-refractivity contribution is 5.26. The van der Waals surface area contributed by atoms with Crippen molar-refractivity contribution in [3.63, 3.8) is 0 Å². The molecular formula is C14H21NO. The zero-order valence-corrected chi connectivity index (χ0v) is 10.6. The van der Waals surface area contributed by atoms with Crippen LogP contribution < -0.4 is 5.32 Å². The van der Waals surface area contributed by atoms with E-state index in [1.54, 1.807) is 0 Å². The van der Waals surface area contributed by atoms with Crippen LogP contribution in [0.1, 0.15) is 31.9 Å². The lowest BCUT2D eigenvalue weighted by Gasteiger charge is -2.42. The second kappa shape index (κ2) is 3.86. The van der Waals surface area contributed by atoms with Crippen molar-refractivity contribution in [2.45, 2.75) is 33.4 Å². The van der Waals surface area contributed by atoms with E-state index in [9.17, 15) is 0 Å². The fourth-order valence-electron chi connectivity index (χ4n) is 1.91. The molecular weight excluding hydrogens is 198 g/mol. The van der Waals surface area contributed by atoms with E-state index in [-0.39, 0.29) is 11.1 Å². The lowest BCUT2D eigenvalue weighted by molar-refractivity contribution is -0.131. The summed E-state index contributed by atoms with van der Waals surface area (Å²) in [6.07, 6.45) is 0. The van der Waals surface area contributed by atoms with Crippen molar-refractivity contribution < 1.29 is 4.74 Å². The largest absolute Gasteiger partial charge is 0.356 e. The van der Waals surface area contributed by atoms with Crippen LogP contribution >= 0.6 is 0 Å². The summed E-state index contributed by atoms with van der Waals surface area (Å²) in [6, 6.07) is 8.54. The fourth-order valence-corrected chi connectivity index (χ4v) is 1.91. The summed E-state index contributed by atoms with van der Waals surface area (Å²) in [4.78, 5) is 0. The minimum absolute atomic E-state index is 0.226. The molecule has 0 amide bonds. The van der Waals surface area contributed by atoms with Gasteiger partial charge in [0.2, 0.25) is 0 Å². The van der Waals surface area contributed by atoms with Crippen molar-refractivity contribution in [2.75, 3.05) is 13.2 Å². The van der Waals surface area contributed by atoms with Crippen LogP contribution in [-0.4, -0.2) is 13.2 Å². The SMILES string of the molecule is Cc1ccc(C2(C)NCC(C)(C)CO2)cc1. The number of hydrogen-bond donors (Lipinski definition) is 1. The first kappa shape index (κ1) is 11.6. The van der Waals surface area contributed by atoms with Crippen molar-refractivity contribution in [1.29, 1.82) is 0 Å². The maximum atomic E-state index is 6.00. The highest BCUT2D eigenvalue weighted by Crippen LogP contribution is 2.31. The van der Waals surface area contributed by atoms with Crippen LogP contribution in [0.4, 0.5) is 0 Å². The molecule has 2 heteroatoms. The third kappa shape index (κ3) is 2.28. The summed E-state index contributed by atoms with van der Waals surface area (Å²) < 4.78 is 6.00. The van der Waals surface area contributed by atoms with Crippen LogP contribution in [0.3, 0.4) is 0 Å². The molecule has 1 fully saturated rings. The van der Waals surface area contributed by atoms with Crippen LogP contribution in [0.15, 0.2) is 24.3 Å². The molecule has 0 bridgehead atoms. The quantitative estimate of drug-likeness (QED) is 0.784. The Morgan fingerprint density at radius 3 is 2.25 bits per heavy atom. The highest BCUT2D eigenvalue weighted by Gasteiger charge is 2.36. The van der Waals surface area contributed by atoms with E-state index in [0.29, 0.717) is 0 Å². The second-order valence-electron chi connectivity index (χ2n) is 5.71. The van der Waals surface area contributed by atoms with Gasteiger partial charge < -0.3 is 4.74 Å². The number of ether oxygens (including phenoxy) is 1.